The molecule has 0 radical (unpaired) electrons. The monoisotopic (exact) mass is 502 g/mol. The van der Waals surface area contributed by atoms with Crippen molar-refractivity contribution in [3.8, 4) is 16.9 Å². The maximum absolute atomic E-state index is 13.8. The molecule has 0 saturated heterocycles. The summed E-state index contributed by atoms with van der Waals surface area (Å²) >= 11 is 0. The van der Waals surface area contributed by atoms with E-state index in [4.69, 9.17) is 0 Å². The van der Waals surface area contributed by atoms with E-state index in [9.17, 15) is 49.4 Å². The Morgan fingerprint density at radius 2 is 1.47 bits per heavy atom. The minimum absolute atomic E-state index is 0.0954. The van der Waals surface area contributed by atoms with Crippen molar-refractivity contribution in [2.75, 3.05) is 6.61 Å². The highest BCUT2D eigenvalue weighted by atomic mass is 19.4. The summed E-state index contributed by atoms with van der Waals surface area (Å²) in [5, 5.41) is 9.55. The second kappa shape index (κ2) is 9.75. The molecule has 2 aromatic rings. The first kappa shape index (κ1) is 27.3. The van der Waals surface area contributed by atoms with Gasteiger partial charge in [0.05, 0.1) is 17.0 Å². The molecule has 1 N–H and O–H groups in total. The van der Waals surface area contributed by atoms with E-state index in [-0.39, 0.29) is 23.5 Å². The standard InChI is InChI=1S/C22H19F9O3/c1-11(2)7-16(19(32)33)13-8-15(12-3-5-14(6-4-12)21(26,27)28)18(34-10-20(23,24)25)17(9-13)22(29,30)31/h3-6,8-9,11,16H,7,10H2,1-2H3,(H,32,33)/t16-/m1/s1. The third-order valence-corrected chi connectivity index (χ3v) is 4.73. The number of carboxylic acids is 1. The van der Waals surface area contributed by atoms with Crippen LogP contribution in [0.5, 0.6) is 5.75 Å². The van der Waals surface area contributed by atoms with Crippen molar-refractivity contribution in [2.24, 2.45) is 5.92 Å². The Morgan fingerprint density at radius 1 is 0.912 bits per heavy atom. The van der Waals surface area contributed by atoms with Crippen molar-refractivity contribution in [1.29, 1.82) is 0 Å². The van der Waals surface area contributed by atoms with Gasteiger partial charge in [-0.3, -0.25) is 4.79 Å². The minimum atomic E-state index is -5.25. The van der Waals surface area contributed by atoms with Crippen molar-refractivity contribution in [1.82, 2.24) is 0 Å². The topological polar surface area (TPSA) is 46.5 Å². The summed E-state index contributed by atoms with van der Waals surface area (Å²) in [7, 11) is 0. The van der Waals surface area contributed by atoms with Crippen molar-refractivity contribution >= 4 is 5.97 Å². The average molecular weight is 502 g/mol. The zero-order valence-corrected chi connectivity index (χ0v) is 17.7. The quantitative estimate of drug-likeness (QED) is 0.398. The van der Waals surface area contributed by atoms with Crippen LogP contribution in [-0.4, -0.2) is 23.9 Å². The second-order valence-corrected chi connectivity index (χ2v) is 7.94. The second-order valence-electron chi connectivity index (χ2n) is 7.94. The number of halogens is 9. The molecular formula is C22H19F9O3. The number of hydrogen-bond acceptors (Lipinski definition) is 2. The summed E-state index contributed by atoms with van der Waals surface area (Å²) in [5.41, 5.74) is -4.10. The summed E-state index contributed by atoms with van der Waals surface area (Å²) < 4.78 is 123. The molecule has 0 saturated carbocycles. The maximum atomic E-state index is 13.8. The van der Waals surface area contributed by atoms with Crippen LogP contribution in [0.4, 0.5) is 39.5 Å². The normalized spacial score (nSPS) is 13.8. The van der Waals surface area contributed by atoms with E-state index >= 15 is 0 Å². The molecule has 0 aromatic heterocycles. The number of carboxylic acid groups (broad SMARTS) is 1. The van der Waals surface area contributed by atoms with Gasteiger partial charge in [0.15, 0.2) is 6.61 Å². The molecule has 0 bridgehead atoms. The SMILES string of the molecule is CC(C)C[C@@H](C(=O)O)c1cc(-c2ccc(C(F)(F)F)cc2)c(OCC(F)(F)F)c(C(F)(F)F)c1. The number of aliphatic carboxylic acids is 1. The maximum Gasteiger partial charge on any atom is 0.422 e. The molecule has 34 heavy (non-hydrogen) atoms. The largest absolute Gasteiger partial charge is 0.483 e. The van der Waals surface area contributed by atoms with Gasteiger partial charge in [0.1, 0.15) is 5.75 Å². The fourth-order valence-corrected chi connectivity index (χ4v) is 3.28. The molecule has 0 fully saturated rings. The van der Waals surface area contributed by atoms with E-state index in [0.29, 0.717) is 18.2 Å². The summed E-state index contributed by atoms with van der Waals surface area (Å²) in [6.45, 7) is 1.15. The third-order valence-electron chi connectivity index (χ3n) is 4.73. The molecule has 2 rings (SSSR count). The molecule has 0 amide bonds. The number of alkyl halides is 9. The Labute approximate surface area is 188 Å². The number of benzene rings is 2. The molecule has 12 heteroatoms. The van der Waals surface area contributed by atoms with Crippen LogP contribution in [0.3, 0.4) is 0 Å². The van der Waals surface area contributed by atoms with Crippen LogP contribution in [-0.2, 0) is 17.1 Å². The van der Waals surface area contributed by atoms with Gasteiger partial charge in [0, 0.05) is 5.56 Å². The number of carbonyl (C=O) groups is 1. The van der Waals surface area contributed by atoms with Crippen molar-refractivity contribution in [3.05, 3.63) is 53.1 Å². The van der Waals surface area contributed by atoms with Gasteiger partial charge in [0.2, 0.25) is 0 Å². The highest BCUT2D eigenvalue weighted by molar-refractivity contribution is 5.80. The Kier molecular flexibility index (Phi) is 7.84. The molecule has 0 aliphatic heterocycles. The zero-order valence-electron chi connectivity index (χ0n) is 17.7. The molecule has 0 unspecified atom stereocenters. The summed E-state index contributed by atoms with van der Waals surface area (Å²) in [6, 6.07) is 3.96. The lowest BCUT2D eigenvalue weighted by Crippen LogP contribution is -2.22. The lowest BCUT2D eigenvalue weighted by atomic mass is 9.86. The van der Waals surface area contributed by atoms with Gasteiger partial charge in [-0.2, -0.15) is 39.5 Å². The van der Waals surface area contributed by atoms with E-state index in [1.165, 1.54) is 0 Å². The Bertz CT molecular complexity index is 1000. The fourth-order valence-electron chi connectivity index (χ4n) is 3.28. The van der Waals surface area contributed by atoms with Gasteiger partial charge in [-0.05, 0) is 47.7 Å². The molecule has 3 nitrogen and oxygen atoms in total. The summed E-state index contributed by atoms with van der Waals surface area (Å²) in [6.07, 6.45) is -15.1. The van der Waals surface area contributed by atoms with E-state index in [1.807, 2.05) is 0 Å². The molecule has 0 aliphatic carbocycles. The molecule has 0 heterocycles. The smallest absolute Gasteiger partial charge is 0.422 e. The predicted octanol–water partition coefficient (Wildman–Crippen LogP) is 7.55. The van der Waals surface area contributed by atoms with E-state index in [2.05, 4.69) is 4.74 Å². The van der Waals surface area contributed by atoms with E-state index in [1.54, 1.807) is 13.8 Å². The van der Waals surface area contributed by atoms with Crippen molar-refractivity contribution < 1.29 is 54.2 Å². The van der Waals surface area contributed by atoms with Gasteiger partial charge in [-0.15, -0.1) is 0 Å². The fraction of sp³-hybridized carbons (Fsp3) is 0.409. The van der Waals surface area contributed by atoms with Crippen LogP contribution in [0.15, 0.2) is 36.4 Å². The lowest BCUT2D eigenvalue weighted by Gasteiger charge is -2.23. The first-order chi connectivity index (χ1) is 15.4. The number of rotatable bonds is 7. The van der Waals surface area contributed by atoms with Crippen LogP contribution in [0.2, 0.25) is 0 Å². The summed E-state index contributed by atoms with van der Waals surface area (Å²) in [5.74, 6) is -4.46. The van der Waals surface area contributed by atoms with Crippen molar-refractivity contribution in [2.45, 2.75) is 44.7 Å². The molecule has 0 spiro atoms. The van der Waals surface area contributed by atoms with Crippen LogP contribution in [0.25, 0.3) is 11.1 Å². The zero-order chi connectivity index (χ0) is 26.1. The van der Waals surface area contributed by atoms with E-state index in [0.717, 1.165) is 18.2 Å². The molecular weight excluding hydrogens is 483 g/mol. The first-order valence-electron chi connectivity index (χ1n) is 9.75. The number of ether oxygens (including phenoxy) is 1. The first-order valence-corrected chi connectivity index (χ1v) is 9.75. The van der Waals surface area contributed by atoms with Gasteiger partial charge in [0.25, 0.3) is 0 Å². The predicted molar refractivity (Wildman–Crippen MR) is 103 cm³/mol. The van der Waals surface area contributed by atoms with Crippen LogP contribution in [0, 0.1) is 5.92 Å². The third kappa shape index (κ3) is 7.04. The van der Waals surface area contributed by atoms with Gasteiger partial charge >= 0.3 is 24.5 Å². The van der Waals surface area contributed by atoms with Crippen LogP contribution in [0.1, 0.15) is 42.9 Å². The molecule has 2 aromatic carbocycles. The summed E-state index contributed by atoms with van der Waals surface area (Å²) in [4.78, 5) is 11.8. The van der Waals surface area contributed by atoms with Crippen molar-refractivity contribution in [3.63, 3.8) is 0 Å². The Morgan fingerprint density at radius 3 is 1.88 bits per heavy atom. The lowest BCUT2D eigenvalue weighted by molar-refractivity contribution is -0.158. The minimum Gasteiger partial charge on any atom is -0.483 e. The van der Waals surface area contributed by atoms with Crippen LogP contribution >= 0.6 is 0 Å². The van der Waals surface area contributed by atoms with Gasteiger partial charge < -0.3 is 9.84 Å². The van der Waals surface area contributed by atoms with Gasteiger partial charge in [-0.25, -0.2) is 0 Å². The Balaban J connectivity index is 2.82. The Hall–Kier alpha value is -2.92. The highest BCUT2D eigenvalue weighted by Gasteiger charge is 2.39. The van der Waals surface area contributed by atoms with Crippen LogP contribution < -0.4 is 4.74 Å². The highest BCUT2D eigenvalue weighted by Crippen LogP contribution is 2.45. The average Bonchev–Trinajstić information content (AvgIpc) is 2.67. The molecule has 1 atom stereocenters. The van der Waals surface area contributed by atoms with E-state index < -0.39 is 59.5 Å². The number of hydrogen-bond donors (Lipinski definition) is 1. The molecule has 0 aliphatic rings. The molecule has 188 valence electrons. The van der Waals surface area contributed by atoms with Gasteiger partial charge in [-0.1, -0.05) is 26.0 Å².